The second-order valence-electron chi connectivity index (χ2n) is 2.80. The van der Waals surface area contributed by atoms with Crippen LogP contribution in [-0.4, -0.2) is 32.6 Å². The number of nitrogens with two attached hydrogens (primary N) is 1. The number of nitrogens with zero attached hydrogens (tertiary/aromatic N) is 3. The summed E-state index contributed by atoms with van der Waals surface area (Å²) >= 11 is 0. The number of imidazole rings is 1. The highest BCUT2D eigenvalue weighted by Crippen LogP contribution is 2.14. The molecule has 6 heteroatoms. The van der Waals surface area contributed by atoms with Gasteiger partial charge in [-0.05, 0) is 0 Å². The molecule has 0 bridgehead atoms. The molecule has 0 saturated carbocycles. The lowest BCUT2D eigenvalue weighted by Gasteiger charge is -2.04. The second kappa shape index (κ2) is 3.51. The maximum atomic E-state index is 8.66. The summed E-state index contributed by atoms with van der Waals surface area (Å²) in [5, 5.41) is 11.6. The van der Waals surface area contributed by atoms with E-state index in [1.54, 1.807) is 23.0 Å². The highest BCUT2D eigenvalue weighted by Gasteiger charge is 2.04. The summed E-state index contributed by atoms with van der Waals surface area (Å²) in [4.78, 5) is 8.20. The van der Waals surface area contributed by atoms with E-state index in [4.69, 9.17) is 10.8 Å². The summed E-state index contributed by atoms with van der Waals surface area (Å²) < 4.78 is 1.73. The molecule has 2 aromatic heterocycles. The highest BCUT2D eigenvalue weighted by atomic mass is 16.3. The minimum atomic E-state index is 0.0545. The van der Waals surface area contributed by atoms with Gasteiger partial charge >= 0.3 is 0 Å². The Morgan fingerprint density at radius 2 is 2.36 bits per heavy atom. The van der Waals surface area contributed by atoms with Gasteiger partial charge in [0.2, 0.25) is 0 Å². The Hall–Kier alpha value is -1.82. The summed E-state index contributed by atoms with van der Waals surface area (Å²) in [6.07, 6.45) is 4.94. The van der Waals surface area contributed by atoms with E-state index in [2.05, 4.69) is 15.3 Å². The van der Waals surface area contributed by atoms with Crippen LogP contribution in [0.3, 0.4) is 0 Å². The van der Waals surface area contributed by atoms with Crippen molar-refractivity contribution in [1.82, 2.24) is 14.4 Å². The van der Waals surface area contributed by atoms with Crippen LogP contribution in [0.25, 0.3) is 5.65 Å². The molecule has 0 spiro atoms. The smallest absolute Gasteiger partial charge is 0.181 e. The zero-order chi connectivity index (χ0) is 9.97. The summed E-state index contributed by atoms with van der Waals surface area (Å²) in [6, 6.07) is 0. The van der Waals surface area contributed by atoms with Crippen molar-refractivity contribution in [2.24, 2.45) is 0 Å². The van der Waals surface area contributed by atoms with Gasteiger partial charge in [0.1, 0.15) is 5.82 Å². The van der Waals surface area contributed by atoms with Crippen molar-refractivity contribution < 1.29 is 5.11 Å². The van der Waals surface area contributed by atoms with Crippen LogP contribution in [0.4, 0.5) is 11.6 Å². The first kappa shape index (κ1) is 8.76. The molecule has 2 aromatic rings. The number of aliphatic hydroxyl groups is 1. The van der Waals surface area contributed by atoms with Gasteiger partial charge in [0.05, 0.1) is 12.8 Å². The first-order chi connectivity index (χ1) is 6.83. The number of nitrogen functional groups attached to an aromatic ring is 1. The molecule has 0 aliphatic rings. The van der Waals surface area contributed by atoms with E-state index in [0.29, 0.717) is 23.8 Å². The maximum Gasteiger partial charge on any atom is 0.181 e. The number of rotatable bonds is 3. The minimum Gasteiger partial charge on any atom is -0.395 e. The number of nitrogens with one attached hydrogen (secondary N) is 1. The van der Waals surface area contributed by atoms with E-state index in [0.717, 1.165) is 0 Å². The van der Waals surface area contributed by atoms with Crippen LogP contribution < -0.4 is 11.1 Å². The highest BCUT2D eigenvalue weighted by molar-refractivity contribution is 5.65. The van der Waals surface area contributed by atoms with Gasteiger partial charge in [0, 0.05) is 18.9 Å². The van der Waals surface area contributed by atoms with Gasteiger partial charge < -0.3 is 16.2 Å². The molecule has 2 heterocycles. The van der Waals surface area contributed by atoms with Crippen LogP contribution in [0.15, 0.2) is 18.6 Å². The Balaban J connectivity index is 2.44. The fourth-order valence-corrected chi connectivity index (χ4v) is 1.24. The molecule has 0 atom stereocenters. The molecule has 6 nitrogen and oxygen atoms in total. The van der Waals surface area contributed by atoms with Gasteiger partial charge in [0.15, 0.2) is 11.5 Å². The molecule has 2 rings (SSSR count). The molecule has 0 aliphatic heterocycles. The lowest BCUT2D eigenvalue weighted by molar-refractivity contribution is 0.311. The predicted molar refractivity (Wildman–Crippen MR) is 53.0 cm³/mol. The normalized spacial score (nSPS) is 10.6. The molecule has 14 heavy (non-hydrogen) atoms. The third kappa shape index (κ3) is 1.35. The van der Waals surface area contributed by atoms with Crippen molar-refractivity contribution in [3.63, 3.8) is 0 Å². The zero-order valence-corrected chi connectivity index (χ0v) is 7.51. The maximum absolute atomic E-state index is 8.66. The SMILES string of the molecule is Nc1cnc2c(NCCO)nccn12. The average molecular weight is 193 g/mol. The number of hydrogen-bond acceptors (Lipinski definition) is 5. The van der Waals surface area contributed by atoms with E-state index >= 15 is 0 Å². The van der Waals surface area contributed by atoms with Crippen LogP contribution in [0, 0.1) is 0 Å². The Bertz CT molecular complexity index is 438. The van der Waals surface area contributed by atoms with Gasteiger partial charge in [-0.25, -0.2) is 9.97 Å². The van der Waals surface area contributed by atoms with Gasteiger partial charge in [0.25, 0.3) is 0 Å². The number of aliphatic hydroxyl groups excluding tert-OH is 1. The Morgan fingerprint density at radius 1 is 1.50 bits per heavy atom. The average Bonchev–Trinajstić information content (AvgIpc) is 2.58. The molecule has 0 radical (unpaired) electrons. The molecule has 0 fully saturated rings. The van der Waals surface area contributed by atoms with Crippen LogP contribution in [0.2, 0.25) is 0 Å². The van der Waals surface area contributed by atoms with E-state index in [1.165, 1.54) is 0 Å². The van der Waals surface area contributed by atoms with Crippen molar-refractivity contribution in [1.29, 1.82) is 0 Å². The Morgan fingerprint density at radius 3 is 3.14 bits per heavy atom. The van der Waals surface area contributed by atoms with Crippen molar-refractivity contribution in [2.45, 2.75) is 0 Å². The third-order valence-electron chi connectivity index (χ3n) is 1.86. The molecule has 0 aliphatic carbocycles. The summed E-state index contributed by atoms with van der Waals surface area (Å²) in [5.74, 6) is 1.19. The summed E-state index contributed by atoms with van der Waals surface area (Å²) in [6.45, 7) is 0.498. The largest absolute Gasteiger partial charge is 0.395 e. The van der Waals surface area contributed by atoms with Crippen LogP contribution >= 0.6 is 0 Å². The molecule has 4 N–H and O–H groups in total. The van der Waals surface area contributed by atoms with E-state index < -0.39 is 0 Å². The van der Waals surface area contributed by atoms with Crippen LogP contribution in [-0.2, 0) is 0 Å². The van der Waals surface area contributed by atoms with Crippen LogP contribution in [0.1, 0.15) is 0 Å². The standard InChI is InChI=1S/C8H11N5O/c9-6-5-12-8-7(11-2-4-14)10-1-3-13(6)8/h1,3,5,14H,2,4,9H2,(H,10,11). The molecule has 0 amide bonds. The first-order valence-corrected chi connectivity index (χ1v) is 4.25. The number of anilines is 2. The third-order valence-corrected chi connectivity index (χ3v) is 1.86. The Kier molecular flexibility index (Phi) is 2.19. The van der Waals surface area contributed by atoms with E-state index in [-0.39, 0.29) is 6.61 Å². The number of fused-ring (bicyclic) bond motifs is 1. The molecular weight excluding hydrogens is 182 g/mol. The minimum absolute atomic E-state index is 0.0545. The molecule has 0 aromatic carbocycles. The molecular formula is C8H11N5O. The van der Waals surface area contributed by atoms with Gasteiger partial charge in [-0.15, -0.1) is 0 Å². The summed E-state index contributed by atoms with van der Waals surface area (Å²) in [5.41, 5.74) is 6.33. The van der Waals surface area contributed by atoms with Gasteiger partial charge in [-0.2, -0.15) is 0 Å². The fraction of sp³-hybridized carbons (Fsp3) is 0.250. The topological polar surface area (TPSA) is 88.5 Å². The lowest BCUT2D eigenvalue weighted by atomic mass is 10.5. The lowest BCUT2D eigenvalue weighted by Crippen LogP contribution is -2.08. The van der Waals surface area contributed by atoms with E-state index in [1.807, 2.05) is 0 Å². The van der Waals surface area contributed by atoms with Crippen molar-refractivity contribution in [3.05, 3.63) is 18.6 Å². The van der Waals surface area contributed by atoms with Crippen molar-refractivity contribution in [3.8, 4) is 0 Å². The summed E-state index contributed by atoms with van der Waals surface area (Å²) in [7, 11) is 0. The molecule has 74 valence electrons. The Labute approximate surface area is 80.4 Å². The molecule has 0 saturated heterocycles. The molecule has 0 unspecified atom stereocenters. The first-order valence-electron chi connectivity index (χ1n) is 4.25. The van der Waals surface area contributed by atoms with Gasteiger partial charge in [-0.1, -0.05) is 0 Å². The van der Waals surface area contributed by atoms with Crippen molar-refractivity contribution in [2.75, 3.05) is 24.2 Å². The quantitative estimate of drug-likeness (QED) is 0.623. The van der Waals surface area contributed by atoms with Gasteiger partial charge in [-0.3, -0.25) is 4.40 Å². The monoisotopic (exact) mass is 193 g/mol. The second-order valence-corrected chi connectivity index (χ2v) is 2.80. The van der Waals surface area contributed by atoms with Crippen molar-refractivity contribution >= 4 is 17.3 Å². The van der Waals surface area contributed by atoms with Crippen LogP contribution in [0.5, 0.6) is 0 Å². The number of hydrogen-bond donors (Lipinski definition) is 3. The number of aromatic nitrogens is 3. The predicted octanol–water partition coefficient (Wildman–Crippen LogP) is -0.284. The fourth-order valence-electron chi connectivity index (χ4n) is 1.24. The van der Waals surface area contributed by atoms with E-state index in [9.17, 15) is 0 Å². The zero-order valence-electron chi connectivity index (χ0n) is 7.51.